The Hall–Kier alpha value is -0.773. The molecule has 1 rings (SSSR count). The number of amides is 1. The highest BCUT2D eigenvalue weighted by atomic mass is 28.3. The van der Waals surface area contributed by atoms with Gasteiger partial charge in [-0.1, -0.05) is 25.7 Å². The maximum Gasteiger partial charge on any atom is 0.407 e. The summed E-state index contributed by atoms with van der Waals surface area (Å²) in [6, 6.07) is 1.03. The van der Waals surface area contributed by atoms with Gasteiger partial charge in [0.15, 0.2) is 0 Å². The zero-order valence-electron chi connectivity index (χ0n) is 11.3. The highest BCUT2D eigenvalue weighted by molar-refractivity contribution is 6.76. The van der Waals surface area contributed by atoms with E-state index in [-0.39, 0.29) is 11.6 Å². The van der Waals surface area contributed by atoms with Crippen LogP contribution in [0.5, 0.6) is 0 Å². The molecular weight excluding hydrogens is 230 g/mol. The van der Waals surface area contributed by atoms with Crippen LogP contribution in [0.15, 0.2) is 12.7 Å². The first-order valence-corrected chi connectivity index (χ1v) is 10.1. The number of hydrogen-bond donors (Lipinski definition) is 1. The Morgan fingerprint density at radius 2 is 2.12 bits per heavy atom. The highest BCUT2D eigenvalue weighted by Gasteiger charge is 2.43. The molecule has 0 spiro atoms. The average Bonchev–Trinajstić information content (AvgIpc) is 2.93. The first-order valence-electron chi connectivity index (χ1n) is 6.43. The summed E-state index contributed by atoms with van der Waals surface area (Å²) in [6.45, 7) is 11.1. The lowest BCUT2D eigenvalue weighted by molar-refractivity contribution is 0.145. The molecule has 3 nitrogen and oxygen atoms in total. The fraction of sp³-hybridized carbons (Fsp3) is 0.769. The zero-order chi connectivity index (χ0) is 12.9. The SMILES string of the molecule is C=CCCC1(NC(=O)OCC[Si](C)(C)C)CC1. The van der Waals surface area contributed by atoms with Gasteiger partial charge in [-0.25, -0.2) is 4.79 Å². The molecule has 0 atom stereocenters. The largest absolute Gasteiger partial charge is 0.450 e. The third kappa shape index (κ3) is 5.91. The van der Waals surface area contributed by atoms with Crippen LogP contribution in [0, 0.1) is 0 Å². The summed E-state index contributed by atoms with van der Waals surface area (Å²) < 4.78 is 5.23. The normalized spacial score (nSPS) is 17.4. The van der Waals surface area contributed by atoms with Gasteiger partial charge in [0.2, 0.25) is 0 Å². The molecule has 4 heteroatoms. The van der Waals surface area contributed by atoms with Crippen LogP contribution in [0.25, 0.3) is 0 Å². The molecule has 0 unspecified atom stereocenters. The van der Waals surface area contributed by atoms with Crippen molar-refractivity contribution in [1.82, 2.24) is 5.32 Å². The molecule has 98 valence electrons. The summed E-state index contributed by atoms with van der Waals surface area (Å²) in [7, 11) is -1.11. The predicted octanol–water partition coefficient (Wildman–Crippen LogP) is 3.55. The van der Waals surface area contributed by atoms with Crippen molar-refractivity contribution >= 4 is 14.2 Å². The molecule has 0 heterocycles. The molecule has 17 heavy (non-hydrogen) atoms. The number of nitrogens with one attached hydrogen (secondary N) is 1. The molecule has 1 N–H and O–H groups in total. The fourth-order valence-corrected chi connectivity index (χ4v) is 2.38. The minimum atomic E-state index is -1.11. The van der Waals surface area contributed by atoms with Crippen molar-refractivity contribution in [1.29, 1.82) is 0 Å². The molecular formula is C13H25NO2Si. The standard InChI is InChI=1S/C13H25NO2Si/c1-5-6-7-13(8-9-13)14-12(15)16-10-11-17(2,3)4/h5H,1,6-11H2,2-4H3,(H,14,15). The van der Waals surface area contributed by atoms with Gasteiger partial charge in [0.1, 0.15) is 0 Å². The van der Waals surface area contributed by atoms with Crippen molar-refractivity contribution < 1.29 is 9.53 Å². The van der Waals surface area contributed by atoms with E-state index in [9.17, 15) is 4.79 Å². The smallest absolute Gasteiger partial charge is 0.407 e. The van der Waals surface area contributed by atoms with Crippen molar-refractivity contribution in [2.24, 2.45) is 0 Å². The van der Waals surface area contributed by atoms with Crippen molar-refractivity contribution in [2.45, 2.75) is 56.9 Å². The van der Waals surface area contributed by atoms with Gasteiger partial charge in [-0.15, -0.1) is 6.58 Å². The van der Waals surface area contributed by atoms with E-state index in [2.05, 4.69) is 31.5 Å². The second-order valence-electron chi connectivity index (χ2n) is 6.18. The summed E-state index contributed by atoms with van der Waals surface area (Å²) in [5, 5.41) is 2.99. The maximum absolute atomic E-state index is 11.6. The summed E-state index contributed by atoms with van der Waals surface area (Å²) in [6.07, 6.45) is 5.74. The van der Waals surface area contributed by atoms with Crippen LogP contribution in [-0.4, -0.2) is 26.3 Å². The minimum absolute atomic E-state index is 0.0183. The highest BCUT2D eigenvalue weighted by Crippen LogP contribution is 2.39. The van der Waals surface area contributed by atoms with E-state index in [0.29, 0.717) is 6.61 Å². The van der Waals surface area contributed by atoms with Gasteiger partial charge < -0.3 is 10.1 Å². The Balaban J connectivity index is 2.19. The summed E-state index contributed by atoms with van der Waals surface area (Å²) >= 11 is 0. The Labute approximate surface area is 106 Å². The molecule has 0 aromatic rings. The lowest BCUT2D eigenvalue weighted by atomic mass is 10.1. The van der Waals surface area contributed by atoms with E-state index < -0.39 is 8.07 Å². The Bertz CT molecular complexity index is 280. The molecule has 1 saturated carbocycles. The number of alkyl carbamates (subject to hydrolysis) is 1. The first kappa shape index (κ1) is 14.3. The van der Waals surface area contributed by atoms with E-state index in [0.717, 1.165) is 31.7 Å². The second kappa shape index (κ2) is 5.71. The van der Waals surface area contributed by atoms with E-state index >= 15 is 0 Å². The monoisotopic (exact) mass is 255 g/mol. The maximum atomic E-state index is 11.6. The predicted molar refractivity (Wildman–Crippen MR) is 74.0 cm³/mol. The molecule has 1 fully saturated rings. The van der Waals surface area contributed by atoms with Crippen molar-refractivity contribution in [3.63, 3.8) is 0 Å². The Kier molecular flexibility index (Phi) is 4.80. The number of allylic oxidation sites excluding steroid dienone is 1. The number of rotatable bonds is 7. The van der Waals surface area contributed by atoms with Crippen molar-refractivity contribution in [3.05, 3.63) is 12.7 Å². The van der Waals surface area contributed by atoms with E-state index in [4.69, 9.17) is 4.74 Å². The molecule has 0 radical (unpaired) electrons. The van der Waals surface area contributed by atoms with Crippen LogP contribution in [-0.2, 0) is 4.74 Å². The number of carbonyl (C=O) groups excluding carboxylic acids is 1. The zero-order valence-corrected chi connectivity index (χ0v) is 12.3. The van der Waals surface area contributed by atoms with Gasteiger partial charge in [0.25, 0.3) is 0 Å². The topological polar surface area (TPSA) is 38.3 Å². The van der Waals surface area contributed by atoms with E-state index in [1.807, 2.05) is 6.08 Å². The van der Waals surface area contributed by atoms with Gasteiger partial charge in [-0.05, 0) is 31.7 Å². The number of carbonyl (C=O) groups is 1. The molecule has 1 aliphatic rings. The van der Waals surface area contributed by atoms with Gasteiger partial charge in [-0.3, -0.25) is 0 Å². The Morgan fingerprint density at radius 3 is 2.59 bits per heavy atom. The van der Waals surface area contributed by atoms with Gasteiger partial charge >= 0.3 is 6.09 Å². The van der Waals surface area contributed by atoms with Gasteiger partial charge in [0.05, 0.1) is 6.61 Å². The first-order chi connectivity index (χ1) is 7.87. The van der Waals surface area contributed by atoms with E-state index in [1.54, 1.807) is 0 Å². The third-order valence-electron chi connectivity index (χ3n) is 3.13. The van der Waals surface area contributed by atoms with Gasteiger partial charge in [0, 0.05) is 13.6 Å². The van der Waals surface area contributed by atoms with Crippen LogP contribution in [0.3, 0.4) is 0 Å². The summed E-state index contributed by atoms with van der Waals surface area (Å²) in [5.74, 6) is 0. The van der Waals surface area contributed by atoms with Crippen LogP contribution in [0.2, 0.25) is 25.7 Å². The van der Waals surface area contributed by atoms with Crippen LogP contribution in [0.1, 0.15) is 25.7 Å². The molecule has 1 amide bonds. The molecule has 0 saturated heterocycles. The minimum Gasteiger partial charge on any atom is -0.450 e. The molecule has 0 aliphatic heterocycles. The molecule has 1 aliphatic carbocycles. The third-order valence-corrected chi connectivity index (χ3v) is 4.84. The number of hydrogen-bond acceptors (Lipinski definition) is 2. The van der Waals surface area contributed by atoms with Crippen LogP contribution >= 0.6 is 0 Å². The van der Waals surface area contributed by atoms with Crippen LogP contribution < -0.4 is 5.32 Å². The second-order valence-corrected chi connectivity index (χ2v) is 11.8. The summed E-state index contributed by atoms with van der Waals surface area (Å²) in [5.41, 5.74) is 0.0183. The lowest BCUT2D eigenvalue weighted by Gasteiger charge is -2.18. The lowest BCUT2D eigenvalue weighted by Crippen LogP contribution is -2.37. The molecule has 0 aromatic carbocycles. The van der Waals surface area contributed by atoms with E-state index in [1.165, 1.54) is 0 Å². The Morgan fingerprint density at radius 1 is 1.47 bits per heavy atom. The van der Waals surface area contributed by atoms with Gasteiger partial charge in [-0.2, -0.15) is 0 Å². The molecule has 0 aromatic heterocycles. The summed E-state index contributed by atoms with van der Waals surface area (Å²) in [4.78, 5) is 11.6. The quantitative estimate of drug-likeness (QED) is 0.558. The van der Waals surface area contributed by atoms with Crippen molar-refractivity contribution in [2.75, 3.05) is 6.61 Å². The molecule has 0 bridgehead atoms. The van der Waals surface area contributed by atoms with Crippen molar-refractivity contribution in [3.8, 4) is 0 Å². The average molecular weight is 255 g/mol. The van der Waals surface area contributed by atoms with Crippen LogP contribution in [0.4, 0.5) is 4.79 Å². The fourth-order valence-electron chi connectivity index (χ4n) is 1.67. The number of ether oxygens (including phenoxy) is 1.